The van der Waals surface area contributed by atoms with Gasteiger partial charge in [-0.3, -0.25) is 0 Å². The average molecular weight is 259 g/mol. The Labute approximate surface area is 110 Å². The van der Waals surface area contributed by atoms with Crippen LogP contribution in [-0.4, -0.2) is 42.8 Å². The summed E-state index contributed by atoms with van der Waals surface area (Å²) in [5.41, 5.74) is 0.987. The Hall–Kier alpha value is -2.42. The molecule has 3 rings (SSSR count). The van der Waals surface area contributed by atoms with E-state index in [2.05, 4.69) is 0 Å². The largest absolute Gasteiger partial charge is 0.454 e. The molecular weight excluding hydrogens is 246 g/mol. The molecule has 2 amide bonds. The van der Waals surface area contributed by atoms with Crippen molar-refractivity contribution in [2.75, 3.05) is 26.9 Å². The van der Waals surface area contributed by atoms with Crippen molar-refractivity contribution in [2.45, 2.75) is 6.04 Å². The monoisotopic (exact) mass is 259 g/mol. The normalized spacial score (nSPS) is 20.8. The third kappa shape index (κ3) is 1.83. The first-order chi connectivity index (χ1) is 9.20. The van der Waals surface area contributed by atoms with Crippen molar-refractivity contribution in [3.8, 4) is 17.6 Å². The molecule has 1 saturated heterocycles. The van der Waals surface area contributed by atoms with Crippen molar-refractivity contribution in [3.63, 3.8) is 0 Å². The van der Waals surface area contributed by atoms with Crippen LogP contribution in [0.25, 0.3) is 0 Å². The van der Waals surface area contributed by atoms with Gasteiger partial charge in [0.15, 0.2) is 11.5 Å². The topological polar surface area (TPSA) is 65.8 Å². The van der Waals surface area contributed by atoms with Crippen molar-refractivity contribution in [3.05, 3.63) is 23.8 Å². The van der Waals surface area contributed by atoms with Crippen LogP contribution in [0.4, 0.5) is 4.79 Å². The molecule has 2 heterocycles. The van der Waals surface area contributed by atoms with Crippen LogP contribution in [0.15, 0.2) is 18.2 Å². The summed E-state index contributed by atoms with van der Waals surface area (Å²) in [6.07, 6.45) is 0. The Morgan fingerprint density at radius 2 is 2.21 bits per heavy atom. The molecule has 0 bridgehead atoms. The Balaban J connectivity index is 1.87. The van der Waals surface area contributed by atoms with Crippen molar-refractivity contribution >= 4 is 6.03 Å². The minimum absolute atomic E-state index is 0.0599. The van der Waals surface area contributed by atoms with E-state index in [9.17, 15) is 4.79 Å². The molecule has 6 heteroatoms. The number of hydrogen-bond acceptors (Lipinski definition) is 4. The Morgan fingerprint density at radius 3 is 3.00 bits per heavy atom. The highest BCUT2D eigenvalue weighted by Crippen LogP contribution is 2.37. The summed E-state index contributed by atoms with van der Waals surface area (Å²) < 4.78 is 10.6. The van der Waals surface area contributed by atoms with Crippen LogP contribution in [0, 0.1) is 11.3 Å². The van der Waals surface area contributed by atoms with Crippen LogP contribution >= 0.6 is 0 Å². The first-order valence-electron chi connectivity index (χ1n) is 5.99. The molecule has 98 valence electrons. The lowest BCUT2D eigenvalue weighted by atomic mass is 10.1. The van der Waals surface area contributed by atoms with E-state index in [0.29, 0.717) is 12.3 Å². The second-order valence-electron chi connectivity index (χ2n) is 4.56. The standard InChI is InChI=1S/C13H13N3O3/c1-15-10(7-16(5-4-14)13(15)17)9-2-3-11-12(6-9)19-8-18-11/h2-3,6,10H,5,7-8H2,1H3. The van der Waals surface area contributed by atoms with Crippen LogP contribution < -0.4 is 9.47 Å². The Morgan fingerprint density at radius 1 is 1.42 bits per heavy atom. The summed E-state index contributed by atoms with van der Waals surface area (Å²) in [7, 11) is 1.74. The lowest BCUT2D eigenvalue weighted by Crippen LogP contribution is -2.29. The van der Waals surface area contributed by atoms with Gasteiger partial charge in [-0.15, -0.1) is 0 Å². The summed E-state index contributed by atoms with van der Waals surface area (Å²) in [4.78, 5) is 15.1. The highest BCUT2D eigenvalue weighted by Gasteiger charge is 2.35. The molecule has 6 nitrogen and oxygen atoms in total. The molecule has 0 spiro atoms. The lowest BCUT2D eigenvalue weighted by Gasteiger charge is -2.18. The van der Waals surface area contributed by atoms with Gasteiger partial charge < -0.3 is 19.3 Å². The van der Waals surface area contributed by atoms with E-state index in [1.54, 1.807) is 11.9 Å². The van der Waals surface area contributed by atoms with E-state index in [-0.39, 0.29) is 25.4 Å². The fraction of sp³-hybridized carbons (Fsp3) is 0.385. The highest BCUT2D eigenvalue weighted by molar-refractivity contribution is 5.77. The molecular formula is C13H13N3O3. The van der Waals surface area contributed by atoms with Crippen LogP contribution in [0.2, 0.25) is 0 Å². The minimum Gasteiger partial charge on any atom is -0.454 e. The van der Waals surface area contributed by atoms with Gasteiger partial charge in [0.1, 0.15) is 6.54 Å². The number of nitriles is 1. The third-order valence-corrected chi connectivity index (χ3v) is 3.48. The zero-order valence-corrected chi connectivity index (χ0v) is 10.5. The first-order valence-corrected chi connectivity index (χ1v) is 5.99. The van der Waals surface area contributed by atoms with Crippen LogP contribution in [0.5, 0.6) is 11.5 Å². The molecule has 2 aliphatic rings. The molecule has 1 fully saturated rings. The zero-order chi connectivity index (χ0) is 13.4. The molecule has 1 unspecified atom stereocenters. The molecule has 0 radical (unpaired) electrons. The lowest BCUT2D eigenvalue weighted by molar-refractivity contribution is 0.174. The molecule has 19 heavy (non-hydrogen) atoms. The maximum atomic E-state index is 12.0. The van der Waals surface area contributed by atoms with Crippen LogP contribution in [-0.2, 0) is 0 Å². The predicted molar refractivity (Wildman–Crippen MR) is 65.7 cm³/mol. The third-order valence-electron chi connectivity index (χ3n) is 3.48. The number of amides is 2. The smallest absolute Gasteiger partial charge is 0.321 e. The molecule has 2 aliphatic heterocycles. The number of benzene rings is 1. The summed E-state index contributed by atoms with van der Waals surface area (Å²) >= 11 is 0. The quantitative estimate of drug-likeness (QED) is 0.752. The van der Waals surface area contributed by atoms with Crippen molar-refractivity contribution in [1.29, 1.82) is 5.26 Å². The zero-order valence-electron chi connectivity index (χ0n) is 10.5. The summed E-state index contributed by atoms with van der Waals surface area (Å²) in [5.74, 6) is 1.43. The number of urea groups is 1. The molecule has 0 aliphatic carbocycles. The van der Waals surface area contributed by atoms with Gasteiger partial charge in [-0.25, -0.2) is 4.79 Å². The summed E-state index contributed by atoms with van der Waals surface area (Å²) in [6, 6.07) is 7.50. The Kier molecular flexibility index (Phi) is 2.67. The van der Waals surface area contributed by atoms with Gasteiger partial charge in [0.25, 0.3) is 0 Å². The van der Waals surface area contributed by atoms with Gasteiger partial charge >= 0.3 is 6.03 Å². The molecule has 1 atom stereocenters. The fourth-order valence-corrected chi connectivity index (χ4v) is 2.43. The van der Waals surface area contributed by atoms with Crippen molar-refractivity contribution < 1.29 is 14.3 Å². The van der Waals surface area contributed by atoms with E-state index in [1.807, 2.05) is 24.3 Å². The number of carbonyl (C=O) groups excluding carboxylic acids is 1. The van der Waals surface area contributed by atoms with E-state index < -0.39 is 0 Å². The maximum absolute atomic E-state index is 12.0. The molecule has 0 N–H and O–H groups in total. The van der Waals surface area contributed by atoms with Gasteiger partial charge in [0.2, 0.25) is 6.79 Å². The van der Waals surface area contributed by atoms with E-state index in [1.165, 1.54) is 4.90 Å². The van der Waals surface area contributed by atoms with Crippen molar-refractivity contribution in [1.82, 2.24) is 9.80 Å². The van der Waals surface area contributed by atoms with Gasteiger partial charge in [-0.1, -0.05) is 6.07 Å². The fourth-order valence-electron chi connectivity index (χ4n) is 2.43. The molecule has 0 saturated carbocycles. The first kappa shape index (κ1) is 11.7. The molecule has 1 aromatic rings. The number of carbonyl (C=O) groups is 1. The van der Waals surface area contributed by atoms with E-state index in [4.69, 9.17) is 14.7 Å². The molecule has 1 aromatic carbocycles. The van der Waals surface area contributed by atoms with Gasteiger partial charge in [0, 0.05) is 13.6 Å². The number of fused-ring (bicyclic) bond motifs is 1. The maximum Gasteiger partial charge on any atom is 0.321 e. The SMILES string of the molecule is CN1C(=O)N(CC#N)CC1c1ccc2c(c1)OCO2. The minimum atomic E-state index is -0.121. The second-order valence-corrected chi connectivity index (χ2v) is 4.56. The second kappa shape index (κ2) is 4.35. The Bertz CT molecular complexity index is 567. The highest BCUT2D eigenvalue weighted by atomic mass is 16.7. The van der Waals surface area contributed by atoms with Crippen LogP contribution in [0.3, 0.4) is 0 Å². The van der Waals surface area contributed by atoms with Crippen LogP contribution in [0.1, 0.15) is 11.6 Å². The van der Waals surface area contributed by atoms with Gasteiger partial charge in [-0.2, -0.15) is 5.26 Å². The van der Waals surface area contributed by atoms with Gasteiger partial charge in [-0.05, 0) is 17.7 Å². The van der Waals surface area contributed by atoms with Gasteiger partial charge in [0.05, 0.1) is 12.1 Å². The van der Waals surface area contributed by atoms with Crippen molar-refractivity contribution in [2.24, 2.45) is 0 Å². The molecule has 0 aromatic heterocycles. The number of hydrogen-bond donors (Lipinski definition) is 0. The van der Waals surface area contributed by atoms with E-state index >= 15 is 0 Å². The number of rotatable bonds is 2. The average Bonchev–Trinajstić information content (AvgIpc) is 2.98. The summed E-state index contributed by atoms with van der Waals surface area (Å²) in [5, 5.41) is 8.72. The summed E-state index contributed by atoms with van der Waals surface area (Å²) in [6.45, 7) is 0.867. The number of nitrogens with zero attached hydrogens (tertiary/aromatic N) is 3. The predicted octanol–water partition coefficient (Wildman–Crippen LogP) is 1.35. The van der Waals surface area contributed by atoms with E-state index in [0.717, 1.165) is 11.3 Å². The number of ether oxygens (including phenoxy) is 2. The number of likely N-dealkylation sites (N-methyl/N-ethyl adjacent to an activating group) is 1.